The number of hydrogen-bond acceptors (Lipinski definition) is 4. The summed E-state index contributed by atoms with van der Waals surface area (Å²) >= 11 is 0. The van der Waals surface area contributed by atoms with Crippen LogP contribution in [0.15, 0.2) is 0 Å². The van der Waals surface area contributed by atoms with Crippen molar-refractivity contribution < 1.29 is 14.7 Å². The van der Waals surface area contributed by atoms with E-state index in [1.54, 1.807) is 6.92 Å². The van der Waals surface area contributed by atoms with E-state index in [0.717, 1.165) is 32.1 Å². The Morgan fingerprint density at radius 1 is 1.43 bits per heavy atom. The Morgan fingerprint density at radius 3 is 2.71 bits per heavy atom. The first kappa shape index (κ1) is 15.5. The number of nitrogens with zero attached hydrogens (tertiary/aromatic N) is 3. The molecule has 1 fully saturated rings. The van der Waals surface area contributed by atoms with Crippen LogP contribution in [0.25, 0.3) is 0 Å². The maximum atomic E-state index is 12.1. The number of carboxylic acids is 1. The molecule has 0 radical (unpaired) electrons. The van der Waals surface area contributed by atoms with Crippen molar-refractivity contribution in [1.82, 2.24) is 20.3 Å². The van der Waals surface area contributed by atoms with Gasteiger partial charge >= 0.3 is 5.97 Å². The number of hydrogen-bond donors (Lipinski definition) is 2. The van der Waals surface area contributed by atoms with Gasteiger partial charge in [-0.25, -0.2) is 9.48 Å². The van der Waals surface area contributed by atoms with Gasteiger partial charge in [-0.3, -0.25) is 4.79 Å². The molecule has 2 N–H and O–H groups in total. The fraction of sp³-hybridized carbons (Fsp3) is 0.714. The monoisotopic (exact) mass is 294 g/mol. The van der Waals surface area contributed by atoms with Crippen molar-refractivity contribution in [2.45, 2.75) is 57.9 Å². The first-order valence-electron chi connectivity index (χ1n) is 7.52. The topological polar surface area (TPSA) is 97.1 Å². The van der Waals surface area contributed by atoms with E-state index in [4.69, 9.17) is 5.11 Å². The fourth-order valence-corrected chi connectivity index (χ4v) is 2.32. The van der Waals surface area contributed by atoms with Crippen LogP contribution in [0.2, 0.25) is 0 Å². The van der Waals surface area contributed by atoms with Crippen molar-refractivity contribution in [2.75, 3.05) is 6.54 Å². The van der Waals surface area contributed by atoms with Gasteiger partial charge in [0.05, 0.1) is 5.69 Å². The normalized spacial score (nSPS) is 15.7. The first-order chi connectivity index (χ1) is 10.1. The first-order valence-corrected chi connectivity index (χ1v) is 7.52. The number of aromatic nitrogens is 3. The molecule has 1 atom stereocenters. The third-order valence-electron chi connectivity index (χ3n) is 3.72. The van der Waals surface area contributed by atoms with Crippen LogP contribution in [0.4, 0.5) is 0 Å². The second-order valence-corrected chi connectivity index (χ2v) is 5.52. The van der Waals surface area contributed by atoms with Gasteiger partial charge in [0.2, 0.25) is 5.91 Å². The number of carboxylic acid groups (broad SMARTS) is 1. The molecule has 7 nitrogen and oxygen atoms in total. The molecule has 1 amide bonds. The Bertz CT molecular complexity index is 522. The molecular formula is C14H22N4O3. The number of aromatic carboxylic acids is 1. The van der Waals surface area contributed by atoms with Gasteiger partial charge in [-0.15, -0.1) is 5.10 Å². The van der Waals surface area contributed by atoms with Crippen molar-refractivity contribution in [3.8, 4) is 0 Å². The van der Waals surface area contributed by atoms with E-state index in [2.05, 4.69) is 22.6 Å². The lowest BCUT2D eigenvalue weighted by molar-refractivity contribution is -0.124. The highest BCUT2D eigenvalue weighted by Crippen LogP contribution is 2.41. The summed E-state index contributed by atoms with van der Waals surface area (Å²) in [7, 11) is 0. The van der Waals surface area contributed by atoms with Crippen LogP contribution in [0.1, 0.15) is 74.1 Å². The van der Waals surface area contributed by atoms with Gasteiger partial charge in [-0.2, -0.15) is 0 Å². The van der Waals surface area contributed by atoms with Gasteiger partial charge < -0.3 is 10.4 Å². The molecule has 7 heteroatoms. The van der Waals surface area contributed by atoms with E-state index in [1.807, 2.05) is 0 Å². The van der Waals surface area contributed by atoms with E-state index in [9.17, 15) is 9.59 Å². The second kappa shape index (κ2) is 6.69. The largest absolute Gasteiger partial charge is 0.476 e. The molecule has 2 rings (SSSR count). The summed E-state index contributed by atoms with van der Waals surface area (Å²) < 4.78 is 1.47. The Kier molecular flexibility index (Phi) is 4.93. The molecule has 0 aliphatic heterocycles. The minimum Gasteiger partial charge on any atom is -0.476 e. The lowest BCUT2D eigenvalue weighted by atomic mass is 10.2. The Labute approximate surface area is 123 Å². The van der Waals surface area contributed by atoms with E-state index in [0.29, 0.717) is 12.2 Å². The van der Waals surface area contributed by atoms with Gasteiger partial charge in [0, 0.05) is 12.5 Å². The van der Waals surface area contributed by atoms with Gasteiger partial charge in [-0.05, 0) is 26.2 Å². The minimum absolute atomic E-state index is 0.0249. The molecule has 21 heavy (non-hydrogen) atoms. The molecule has 0 aromatic carbocycles. The summed E-state index contributed by atoms with van der Waals surface area (Å²) in [6, 6.07) is -0.539. The second-order valence-electron chi connectivity index (χ2n) is 5.52. The Morgan fingerprint density at radius 2 is 2.14 bits per heavy atom. The standard InChI is InChI=1S/C14H22N4O3/c1-3-4-5-8-15-13(19)9(2)18-12(10-6-7-10)11(14(20)21)16-17-18/h9-10H,3-8H2,1-2H3,(H,15,19)(H,20,21). The lowest BCUT2D eigenvalue weighted by Gasteiger charge is -2.14. The summed E-state index contributed by atoms with van der Waals surface area (Å²) in [4.78, 5) is 23.3. The molecule has 0 bridgehead atoms. The quantitative estimate of drug-likeness (QED) is 0.711. The molecule has 0 spiro atoms. The highest BCUT2D eigenvalue weighted by molar-refractivity contribution is 5.87. The van der Waals surface area contributed by atoms with Gasteiger partial charge in [-0.1, -0.05) is 25.0 Å². The summed E-state index contributed by atoms with van der Waals surface area (Å²) in [5.41, 5.74) is 0.557. The summed E-state index contributed by atoms with van der Waals surface area (Å²) in [5.74, 6) is -1.06. The molecule has 1 aromatic heterocycles. The number of carbonyl (C=O) groups excluding carboxylic acids is 1. The third kappa shape index (κ3) is 3.59. The molecule has 1 aliphatic rings. The van der Waals surface area contributed by atoms with Crippen molar-refractivity contribution in [3.63, 3.8) is 0 Å². The molecule has 1 aliphatic carbocycles. The Hall–Kier alpha value is -1.92. The molecule has 1 heterocycles. The van der Waals surface area contributed by atoms with E-state index >= 15 is 0 Å². The highest BCUT2D eigenvalue weighted by Gasteiger charge is 2.36. The molecule has 0 saturated heterocycles. The lowest BCUT2D eigenvalue weighted by Crippen LogP contribution is -2.33. The highest BCUT2D eigenvalue weighted by atomic mass is 16.4. The van der Waals surface area contributed by atoms with Crippen LogP contribution in [0.5, 0.6) is 0 Å². The average Bonchev–Trinajstić information content (AvgIpc) is 3.20. The number of unbranched alkanes of at least 4 members (excludes halogenated alkanes) is 2. The Balaban J connectivity index is 2.06. The van der Waals surface area contributed by atoms with Gasteiger partial charge in [0.15, 0.2) is 5.69 Å². The fourth-order valence-electron chi connectivity index (χ4n) is 2.32. The zero-order valence-electron chi connectivity index (χ0n) is 12.5. The van der Waals surface area contributed by atoms with Gasteiger partial charge in [0.25, 0.3) is 0 Å². The molecule has 116 valence electrons. The summed E-state index contributed by atoms with van der Waals surface area (Å²) in [6.07, 6.45) is 4.98. The van der Waals surface area contributed by atoms with Crippen LogP contribution in [0.3, 0.4) is 0 Å². The van der Waals surface area contributed by atoms with Crippen molar-refractivity contribution in [1.29, 1.82) is 0 Å². The van der Waals surface area contributed by atoms with Gasteiger partial charge in [0.1, 0.15) is 6.04 Å². The maximum Gasteiger partial charge on any atom is 0.358 e. The van der Waals surface area contributed by atoms with Crippen LogP contribution >= 0.6 is 0 Å². The van der Waals surface area contributed by atoms with Crippen LogP contribution in [-0.4, -0.2) is 38.5 Å². The smallest absolute Gasteiger partial charge is 0.358 e. The van der Waals surface area contributed by atoms with Crippen molar-refractivity contribution in [2.24, 2.45) is 0 Å². The number of carbonyl (C=O) groups is 2. The number of amides is 1. The molecule has 1 unspecified atom stereocenters. The predicted octanol–water partition coefficient (Wildman–Crippen LogP) is 1.72. The average molecular weight is 294 g/mol. The minimum atomic E-state index is -1.08. The van der Waals surface area contributed by atoms with Crippen molar-refractivity contribution in [3.05, 3.63) is 11.4 Å². The van der Waals surface area contributed by atoms with Crippen LogP contribution in [-0.2, 0) is 4.79 Å². The summed E-state index contributed by atoms with van der Waals surface area (Å²) in [5, 5.41) is 19.6. The molecule has 1 aromatic rings. The molecule has 1 saturated carbocycles. The summed E-state index contributed by atoms with van der Waals surface area (Å²) in [6.45, 7) is 4.47. The SMILES string of the molecule is CCCCCNC(=O)C(C)n1nnc(C(=O)O)c1C1CC1. The zero-order valence-corrected chi connectivity index (χ0v) is 12.5. The van der Waals surface area contributed by atoms with Crippen molar-refractivity contribution >= 4 is 11.9 Å². The predicted molar refractivity (Wildman–Crippen MR) is 76.2 cm³/mol. The van der Waals surface area contributed by atoms with Crippen LogP contribution < -0.4 is 5.32 Å². The zero-order chi connectivity index (χ0) is 15.4. The number of rotatable bonds is 8. The van der Waals surface area contributed by atoms with E-state index < -0.39 is 12.0 Å². The molecular weight excluding hydrogens is 272 g/mol. The van der Waals surface area contributed by atoms with Crippen LogP contribution in [0, 0.1) is 0 Å². The van der Waals surface area contributed by atoms with E-state index in [-0.39, 0.29) is 17.5 Å². The third-order valence-corrected chi connectivity index (χ3v) is 3.72. The number of nitrogens with one attached hydrogen (secondary N) is 1. The maximum absolute atomic E-state index is 12.1. The van der Waals surface area contributed by atoms with E-state index in [1.165, 1.54) is 4.68 Å².